The van der Waals surface area contributed by atoms with Crippen LogP contribution in [0.3, 0.4) is 0 Å². The maximum Gasteiger partial charge on any atom is 0.123 e. The summed E-state index contributed by atoms with van der Waals surface area (Å²) in [6.45, 7) is 10.7. The molecule has 2 aromatic rings. The number of phenols is 2. The molecule has 2 N–H and O–H groups in total. The maximum absolute atomic E-state index is 11.0. The Balaban J connectivity index is 2.05. The van der Waals surface area contributed by atoms with Crippen molar-refractivity contribution in [2.24, 2.45) is 11.8 Å². The fourth-order valence-corrected chi connectivity index (χ4v) is 4.73. The predicted molar refractivity (Wildman–Crippen MR) is 117 cm³/mol. The first-order chi connectivity index (χ1) is 13.1. The van der Waals surface area contributed by atoms with Gasteiger partial charge in [0.1, 0.15) is 11.5 Å². The molecule has 0 unspecified atom stereocenters. The van der Waals surface area contributed by atoms with E-state index in [2.05, 4.69) is 40.7 Å². The Morgan fingerprint density at radius 1 is 1.04 bits per heavy atom. The largest absolute Gasteiger partial charge is 0.508 e. The second-order valence-electron chi connectivity index (χ2n) is 9.07. The van der Waals surface area contributed by atoms with Gasteiger partial charge in [-0.3, -0.25) is 0 Å². The molecule has 28 heavy (non-hydrogen) atoms. The standard InChI is InChI=1S/C25H31ClO2/c1-15(2)20-10-9-16(3)11-21(20)24-22(27)13-18(14-23(24)28)25(4,5)17-7-6-8-19(26)12-17/h6-9,12-15,20-21,27-28H,10-11H2,1-5H3/t20-,21+/m0/s1. The quantitative estimate of drug-likeness (QED) is 0.535. The number of benzene rings is 2. The lowest BCUT2D eigenvalue weighted by Gasteiger charge is -2.35. The van der Waals surface area contributed by atoms with Crippen LogP contribution in [-0.2, 0) is 5.41 Å². The minimum Gasteiger partial charge on any atom is -0.508 e. The summed E-state index contributed by atoms with van der Waals surface area (Å²) in [7, 11) is 0. The SMILES string of the molecule is CC1=CC[C@@H](C(C)C)[C@H](c2c(O)cc(C(C)(C)c3cccc(Cl)c3)cc2O)C1. The molecule has 150 valence electrons. The first kappa shape index (κ1) is 20.8. The number of allylic oxidation sites excluding steroid dienone is 2. The van der Waals surface area contributed by atoms with Crippen molar-refractivity contribution in [3.05, 3.63) is 69.8 Å². The highest BCUT2D eigenvalue weighted by atomic mass is 35.5. The molecule has 0 fully saturated rings. The Kier molecular flexibility index (Phi) is 5.82. The van der Waals surface area contributed by atoms with Crippen LogP contribution in [-0.4, -0.2) is 10.2 Å². The smallest absolute Gasteiger partial charge is 0.123 e. The van der Waals surface area contributed by atoms with Gasteiger partial charge in [-0.2, -0.15) is 0 Å². The van der Waals surface area contributed by atoms with Gasteiger partial charge in [0.25, 0.3) is 0 Å². The molecule has 0 heterocycles. The number of aromatic hydroxyl groups is 2. The first-order valence-electron chi connectivity index (χ1n) is 10.1. The zero-order valence-corrected chi connectivity index (χ0v) is 18.2. The summed E-state index contributed by atoms with van der Waals surface area (Å²) in [6, 6.07) is 11.4. The molecule has 0 spiro atoms. The number of phenolic OH excluding ortho intramolecular Hbond substituents is 2. The van der Waals surface area contributed by atoms with Crippen molar-refractivity contribution in [2.75, 3.05) is 0 Å². The van der Waals surface area contributed by atoms with Crippen LogP contribution in [0.5, 0.6) is 11.5 Å². The lowest BCUT2D eigenvalue weighted by molar-refractivity contribution is 0.292. The lowest BCUT2D eigenvalue weighted by Crippen LogP contribution is -2.23. The molecule has 0 amide bonds. The zero-order valence-electron chi connectivity index (χ0n) is 17.5. The zero-order chi connectivity index (χ0) is 20.6. The average molecular weight is 399 g/mol. The number of rotatable bonds is 4. The molecule has 0 aliphatic heterocycles. The molecular formula is C25H31ClO2. The summed E-state index contributed by atoms with van der Waals surface area (Å²) in [4.78, 5) is 0. The molecule has 0 saturated carbocycles. The summed E-state index contributed by atoms with van der Waals surface area (Å²) in [5.74, 6) is 1.40. The van der Waals surface area contributed by atoms with Crippen LogP contribution in [0.1, 0.15) is 70.1 Å². The van der Waals surface area contributed by atoms with E-state index in [1.165, 1.54) is 5.57 Å². The van der Waals surface area contributed by atoms with E-state index in [4.69, 9.17) is 11.6 Å². The van der Waals surface area contributed by atoms with E-state index in [-0.39, 0.29) is 17.4 Å². The van der Waals surface area contributed by atoms with Crippen LogP contribution in [0.15, 0.2) is 48.0 Å². The van der Waals surface area contributed by atoms with E-state index in [0.29, 0.717) is 22.4 Å². The van der Waals surface area contributed by atoms with Gasteiger partial charge in [0.05, 0.1) is 0 Å². The topological polar surface area (TPSA) is 40.5 Å². The summed E-state index contributed by atoms with van der Waals surface area (Å²) in [5.41, 5.74) is 3.54. The van der Waals surface area contributed by atoms with Gasteiger partial charge in [-0.1, -0.05) is 63.1 Å². The van der Waals surface area contributed by atoms with Crippen molar-refractivity contribution in [2.45, 2.75) is 58.8 Å². The van der Waals surface area contributed by atoms with Gasteiger partial charge >= 0.3 is 0 Å². The van der Waals surface area contributed by atoms with E-state index < -0.39 is 5.41 Å². The lowest BCUT2D eigenvalue weighted by atomic mass is 9.70. The van der Waals surface area contributed by atoms with Crippen molar-refractivity contribution in [1.82, 2.24) is 0 Å². The Morgan fingerprint density at radius 3 is 2.25 bits per heavy atom. The van der Waals surface area contributed by atoms with Gasteiger partial charge in [-0.05, 0) is 72.9 Å². The molecule has 3 heteroatoms. The van der Waals surface area contributed by atoms with Gasteiger partial charge < -0.3 is 10.2 Å². The van der Waals surface area contributed by atoms with Crippen molar-refractivity contribution in [3.63, 3.8) is 0 Å². The Hall–Kier alpha value is -1.93. The van der Waals surface area contributed by atoms with Gasteiger partial charge in [-0.25, -0.2) is 0 Å². The van der Waals surface area contributed by atoms with Crippen molar-refractivity contribution < 1.29 is 10.2 Å². The number of hydrogen-bond acceptors (Lipinski definition) is 2. The summed E-state index contributed by atoms with van der Waals surface area (Å²) >= 11 is 6.18. The molecule has 1 aliphatic rings. The second kappa shape index (κ2) is 7.83. The predicted octanol–water partition coefficient (Wildman–Crippen LogP) is 7.17. The number of hydrogen-bond donors (Lipinski definition) is 2. The molecule has 0 radical (unpaired) electrons. The highest BCUT2D eigenvalue weighted by Crippen LogP contribution is 2.49. The maximum atomic E-state index is 11.0. The van der Waals surface area contributed by atoms with Gasteiger partial charge in [0.2, 0.25) is 0 Å². The van der Waals surface area contributed by atoms with Gasteiger partial charge in [0, 0.05) is 16.0 Å². The molecule has 1 aliphatic carbocycles. The minimum atomic E-state index is -0.391. The van der Waals surface area contributed by atoms with Crippen LogP contribution >= 0.6 is 11.6 Å². The summed E-state index contributed by atoms with van der Waals surface area (Å²) in [6.07, 6.45) is 4.16. The van der Waals surface area contributed by atoms with Gasteiger partial charge in [-0.15, -0.1) is 0 Å². The van der Waals surface area contributed by atoms with Gasteiger partial charge in [0.15, 0.2) is 0 Å². The monoisotopic (exact) mass is 398 g/mol. The molecule has 2 nitrogen and oxygen atoms in total. The summed E-state index contributed by atoms with van der Waals surface area (Å²) in [5, 5.41) is 22.6. The third-order valence-electron chi connectivity index (χ3n) is 6.43. The molecular weight excluding hydrogens is 368 g/mol. The van der Waals surface area contributed by atoms with Crippen molar-refractivity contribution in [1.29, 1.82) is 0 Å². The van der Waals surface area contributed by atoms with E-state index in [9.17, 15) is 10.2 Å². The number of halogens is 1. The van der Waals surface area contributed by atoms with E-state index >= 15 is 0 Å². The highest BCUT2D eigenvalue weighted by Gasteiger charge is 2.34. The molecule has 0 saturated heterocycles. The van der Waals surface area contributed by atoms with Crippen LogP contribution in [0.25, 0.3) is 0 Å². The fourth-order valence-electron chi connectivity index (χ4n) is 4.54. The van der Waals surface area contributed by atoms with E-state index in [1.807, 2.05) is 36.4 Å². The van der Waals surface area contributed by atoms with Crippen LogP contribution in [0.2, 0.25) is 5.02 Å². The minimum absolute atomic E-state index is 0.133. The molecule has 3 rings (SSSR count). The molecule has 0 bridgehead atoms. The fraction of sp³-hybridized carbons (Fsp3) is 0.440. The molecule has 2 atom stereocenters. The Bertz CT molecular complexity index is 872. The Labute approximate surface area is 173 Å². The second-order valence-corrected chi connectivity index (χ2v) is 9.50. The highest BCUT2D eigenvalue weighted by molar-refractivity contribution is 6.30. The first-order valence-corrected chi connectivity index (χ1v) is 10.5. The van der Waals surface area contributed by atoms with E-state index in [0.717, 1.165) is 24.0 Å². The Morgan fingerprint density at radius 2 is 1.68 bits per heavy atom. The van der Waals surface area contributed by atoms with E-state index in [1.54, 1.807) is 0 Å². The van der Waals surface area contributed by atoms with Crippen LogP contribution in [0, 0.1) is 11.8 Å². The molecule has 2 aromatic carbocycles. The van der Waals surface area contributed by atoms with Crippen LogP contribution < -0.4 is 0 Å². The third kappa shape index (κ3) is 3.93. The van der Waals surface area contributed by atoms with Crippen molar-refractivity contribution >= 4 is 11.6 Å². The van der Waals surface area contributed by atoms with Crippen molar-refractivity contribution in [3.8, 4) is 11.5 Å². The average Bonchev–Trinajstić information content (AvgIpc) is 2.61. The summed E-state index contributed by atoms with van der Waals surface area (Å²) < 4.78 is 0. The normalized spacial score (nSPS) is 20.3. The van der Waals surface area contributed by atoms with Crippen LogP contribution in [0.4, 0.5) is 0 Å². The molecule has 0 aromatic heterocycles. The third-order valence-corrected chi connectivity index (χ3v) is 6.66.